The molecule has 0 unspecified atom stereocenters. The third-order valence-electron chi connectivity index (χ3n) is 3.28. The Morgan fingerprint density at radius 3 is 1.77 bits per heavy atom. The Kier molecular flexibility index (Phi) is 7.21. The fourth-order valence-corrected chi connectivity index (χ4v) is 1.70. The summed E-state index contributed by atoms with van der Waals surface area (Å²) in [6.45, 7) is -0.973. The summed E-state index contributed by atoms with van der Waals surface area (Å²) in [5.41, 5.74) is -0.00245. The quantitative estimate of drug-likeness (QED) is 0.349. The van der Waals surface area contributed by atoms with Crippen molar-refractivity contribution in [3.63, 3.8) is 0 Å². The fourth-order valence-electron chi connectivity index (χ4n) is 1.70. The van der Waals surface area contributed by atoms with Gasteiger partial charge in [0.25, 0.3) is 0 Å². The van der Waals surface area contributed by atoms with E-state index in [1.54, 1.807) is 0 Å². The summed E-state index contributed by atoms with van der Waals surface area (Å²) in [5.74, 6) is -18.8. The summed E-state index contributed by atoms with van der Waals surface area (Å²) in [5, 5.41) is 0. The van der Waals surface area contributed by atoms with Crippen LogP contribution in [0.2, 0.25) is 0 Å². The molecule has 0 amide bonds. The molecule has 1 aromatic rings. The molecule has 170 valence electrons. The predicted octanol–water partition coefficient (Wildman–Crippen LogP) is 4.08. The Hall–Kier alpha value is -2.74. The van der Waals surface area contributed by atoms with Crippen LogP contribution in [0.3, 0.4) is 0 Å². The van der Waals surface area contributed by atoms with E-state index in [9.17, 15) is 53.5 Å². The molecular formula is C15H10F10O5. The molecule has 0 N–H and O–H groups in total. The second-order valence-electron chi connectivity index (χ2n) is 5.40. The Balaban J connectivity index is 2.84. The van der Waals surface area contributed by atoms with Crippen LogP contribution in [-0.2, 0) is 20.7 Å². The van der Waals surface area contributed by atoms with Gasteiger partial charge in [-0.25, -0.2) is 9.59 Å². The average molecular weight is 460 g/mol. The van der Waals surface area contributed by atoms with Crippen LogP contribution >= 0.6 is 0 Å². The number of hydrogen-bond acceptors (Lipinski definition) is 5. The number of carbonyl (C=O) groups is 2. The van der Waals surface area contributed by atoms with E-state index in [1.807, 2.05) is 0 Å². The largest absolute Gasteiger partial charge is 0.493 e. The van der Waals surface area contributed by atoms with Crippen molar-refractivity contribution < 1.29 is 67.7 Å². The van der Waals surface area contributed by atoms with Crippen molar-refractivity contribution in [2.24, 2.45) is 0 Å². The molecule has 0 radical (unpaired) electrons. The minimum absolute atomic E-state index is 0.00245. The summed E-state index contributed by atoms with van der Waals surface area (Å²) in [6.07, 6.45) is -12.9. The molecule has 0 bridgehead atoms. The SMILES string of the molecule is COc1cc(CCOC(=O)C(F)(F)C(F)(F)F)ccc1OC(=O)C(F)(F)C(F)(F)F. The van der Waals surface area contributed by atoms with E-state index in [4.69, 9.17) is 0 Å². The fraction of sp³-hybridized carbons (Fsp3) is 0.467. The van der Waals surface area contributed by atoms with Crippen LogP contribution in [0.25, 0.3) is 0 Å². The normalized spacial score (nSPS) is 13.0. The molecule has 0 spiro atoms. The highest BCUT2D eigenvalue weighted by Gasteiger charge is 2.65. The lowest BCUT2D eigenvalue weighted by Crippen LogP contribution is -2.46. The van der Waals surface area contributed by atoms with Gasteiger partial charge in [-0.2, -0.15) is 43.9 Å². The van der Waals surface area contributed by atoms with Crippen molar-refractivity contribution >= 4 is 11.9 Å². The van der Waals surface area contributed by atoms with Gasteiger partial charge < -0.3 is 14.2 Å². The zero-order valence-electron chi connectivity index (χ0n) is 14.5. The van der Waals surface area contributed by atoms with Gasteiger partial charge in [0.15, 0.2) is 11.5 Å². The molecule has 0 aliphatic rings. The van der Waals surface area contributed by atoms with Gasteiger partial charge in [-0.05, 0) is 17.7 Å². The van der Waals surface area contributed by atoms with Gasteiger partial charge in [0.2, 0.25) is 0 Å². The Labute approximate surface area is 160 Å². The van der Waals surface area contributed by atoms with E-state index in [0.29, 0.717) is 6.07 Å². The number of carbonyl (C=O) groups excluding carboxylic acids is 2. The molecule has 0 saturated carbocycles. The van der Waals surface area contributed by atoms with Crippen LogP contribution in [0.4, 0.5) is 43.9 Å². The van der Waals surface area contributed by atoms with Crippen LogP contribution in [0.1, 0.15) is 5.56 Å². The van der Waals surface area contributed by atoms with E-state index in [2.05, 4.69) is 14.2 Å². The van der Waals surface area contributed by atoms with E-state index in [1.165, 1.54) is 0 Å². The molecule has 5 nitrogen and oxygen atoms in total. The first-order chi connectivity index (χ1) is 13.4. The maximum absolute atomic E-state index is 12.9. The maximum atomic E-state index is 12.9. The van der Waals surface area contributed by atoms with Gasteiger partial charge in [-0.15, -0.1) is 0 Å². The minimum Gasteiger partial charge on any atom is -0.493 e. The van der Waals surface area contributed by atoms with Crippen molar-refractivity contribution in [1.82, 2.24) is 0 Å². The lowest BCUT2D eigenvalue weighted by atomic mass is 10.1. The van der Waals surface area contributed by atoms with E-state index >= 15 is 0 Å². The number of alkyl halides is 10. The van der Waals surface area contributed by atoms with Crippen molar-refractivity contribution in [2.45, 2.75) is 30.6 Å². The molecule has 0 saturated heterocycles. The topological polar surface area (TPSA) is 61.8 Å². The average Bonchev–Trinajstić information content (AvgIpc) is 2.60. The van der Waals surface area contributed by atoms with Gasteiger partial charge in [-0.3, -0.25) is 0 Å². The molecule has 1 rings (SSSR count). The molecule has 15 heteroatoms. The third kappa shape index (κ3) is 5.44. The zero-order chi connectivity index (χ0) is 23.5. The van der Waals surface area contributed by atoms with Gasteiger partial charge in [0.1, 0.15) is 0 Å². The summed E-state index contributed by atoms with van der Waals surface area (Å²) in [4.78, 5) is 21.9. The molecule has 1 aromatic carbocycles. The first-order valence-corrected chi connectivity index (χ1v) is 7.40. The first kappa shape index (κ1) is 25.3. The number of hydrogen-bond donors (Lipinski definition) is 0. The summed E-state index contributed by atoms with van der Waals surface area (Å²) >= 11 is 0. The van der Waals surface area contributed by atoms with Gasteiger partial charge >= 0.3 is 36.1 Å². The smallest absolute Gasteiger partial charge is 0.465 e. The molecule has 0 atom stereocenters. The standard InChI is InChI=1S/C15H10F10O5/c1-28-9-6-7(4-5-29-10(26)12(16,17)14(20,21)22)2-3-8(9)30-11(27)13(18,19)15(23,24)25/h2-3,6H,4-5H2,1H3. The van der Waals surface area contributed by atoms with Crippen molar-refractivity contribution in [2.75, 3.05) is 13.7 Å². The highest BCUT2D eigenvalue weighted by molar-refractivity contribution is 5.81. The van der Waals surface area contributed by atoms with Crippen LogP contribution < -0.4 is 9.47 Å². The Bertz CT molecular complexity index is 785. The first-order valence-electron chi connectivity index (χ1n) is 7.40. The van der Waals surface area contributed by atoms with Crippen molar-refractivity contribution in [1.29, 1.82) is 0 Å². The lowest BCUT2D eigenvalue weighted by molar-refractivity contribution is -0.280. The number of methoxy groups -OCH3 is 1. The van der Waals surface area contributed by atoms with Crippen molar-refractivity contribution in [3.05, 3.63) is 23.8 Å². The highest BCUT2D eigenvalue weighted by atomic mass is 19.4. The van der Waals surface area contributed by atoms with E-state index < -0.39 is 60.7 Å². The predicted molar refractivity (Wildman–Crippen MR) is 75.3 cm³/mol. The monoisotopic (exact) mass is 460 g/mol. The van der Waals surface area contributed by atoms with Crippen molar-refractivity contribution in [3.8, 4) is 11.5 Å². The Morgan fingerprint density at radius 1 is 0.800 bits per heavy atom. The van der Waals surface area contributed by atoms with E-state index in [-0.39, 0.29) is 5.56 Å². The number of esters is 2. The second kappa shape index (κ2) is 8.55. The maximum Gasteiger partial charge on any atom is 0.465 e. The summed E-state index contributed by atoms with van der Waals surface area (Å²) in [7, 11) is 0.905. The molecule has 0 aliphatic carbocycles. The second-order valence-corrected chi connectivity index (χ2v) is 5.40. The van der Waals surface area contributed by atoms with Gasteiger partial charge in [0, 0.05) is 6.42 Å². The molecule has 0 heterocycles. The Morgan fingerprint density at radius 2 is 1.30 bits per heavy atom. The van der Waals surface area contributed by atoms with Gasteiger partial charge in [-0.1, -0.05) is 6.07 Å². The third-order valence-corrected chi connectivity index (χ3v) is 3.28. The van der Waals surface area contributed by atoms with Crippen LogP contribution in [0, 0.1) is 0 Å². The van der Waals surface area contributed by atoms with Crippen LogP contribution in [0.5, 0.6) is 11.5 Å². The zero-order valence-corrected chi connectivity index (χ0v) is 14.5. The molecule has 0 aromatic heterocycles. The summed E-state index contributed by atoms with van der Waals surface area (Å²) in [6, 6.07) is 2.50. The molecule has 30 heavy (non-hydrogen) atoms. The number of halogens is 10. The molecular weight excluding hydrogens is 450 g/mol. The minimum atomic E-state index is -6.22. The van der Waals surface area contributed by atoms with E-state index in [0.717, 1.165) is 19.2 Å². The molecule has 0 aliphatic heterocycles. The highest BCUT2D eigenvalue weighted by Crippen LogP contribution is 2.38. The number of ether oxygens (including phenoxy) is 3. The van der Waals surface area contributed by atoms with Gasteiger partial charge in [0.05, 0.1) is 13.7 Å². The number of rotatable bonds is 7. The van der Waals surface area contributed by atoms with Crippen LogP contribution in [-0.4, -0.2) is 49.9 Å². The lowest BCUT2D eigenvalue weighted by Gasteiger charge is -2.19. The number of benzene rings is 1. The molecule has 0 fully saturated rings. The summed E-state index contributed by atoms with van der Waals surface area (Å²) < 4.78 is 136. The van der Waals surface area contributed by atoms with Crippen LogP contribution in [0.15, 0.2) is 18.2 Å².